The third-order valence-electron chi connectivity index (χ3n) is 2.30. The minimum atomic E-state index is -5.63. The Balaban J connectivity index is 2.18. The van der Waals surface area contributed by atoms with Gasteiger partial charge in [-0.25, -0.2) is 0 Å². The number of halogens is 3. The van der Waals surface area contributed by atoms with Crippen molar-refractivity contribution in [3.8, 4) is 0 Å². The summed E-state index contributed by atoms with van der Waals surface area (Å²) in [5, 5.41) is 0. The summed E-state index contributed by atoms with van der Waals surface area (Å²) in [6, 6.07) is 0. The highest BCUT2D eigenvalue weighted by molar-refractivity contribution is 7.87. The fourth-order valence-corrected chi connectivity index (χ4v) is 1.96. The van der Waals surface area contributed by atoms with Crippen molar-refractivity contribution in [2.75, 3.05) is 0 Å². The molecule has 4 nitrogen and oxygen atoms in total. The predicted octanol–water partition coefficient (Wildman–Crippen LogP) is 0.955. The summed E-state index contributed by atoms with van der Waals surface area (Å²) in [6.07, 6.45) is 1.19. The van der Waals surface area contributed by atoms with E-state index in [1.165, 1.54) is 0 Å². The normalized spacial score (nSPS) is 29.8. The van der Waals surface area contributed by atoms with E-state index in [1.54, 1.807) is 0 Å². The Morgan fingerprint density at radius 2 is 1.93 bits per heavy atom. The number of carbonyl (C=O) groups excluding carboxylic acids is 1. The number of rotatable bonds is 2. The lowest BCUT2D eigenvalue weighted by Crippen LogP contribution is -2.25. The third-order valence-corrected chi connectivity index (χ3v) is 3.27. The average molecular weight is 242 g/mol. The van der Waals surface area contributed by atoms with Gasteiger partial charge in [0.1, 0.15) is 5.76 Å². The molecule has 0 aliphatic heterocycles. The van der Waals surface area contributed by atoms with Crippen LogP contribution in [0.1, 0.15) is 6.42 Å². The second-order valence-corrected chi connectivity index (χ2v) is 4.92. The number of fused-ring (bicyclic) bond motifs is 1. The molecule has 0 N–H and O–H groups in total. The van der Waals surface area contributed by atoms with Gasteiger partial charge in [0.15, 0.2) is 5.78 Å². The standard InChI is InChI=1S/C7H5F3O4S/c8-7(9,10)15(12,13)14-6-2-5(11)3-1-4(3)6/h2-4H,1H2. The van der Waals surface area contributed by atoms with Crippen molar-refractivity contribution in [2.45, 2.75) is 11.9 Å². The largest absolute Gasteiger partial charge is 0.534 e. The Labute approximate surface area is 82.8 Å². The van der Waals surface area contributed by atoms with Gasteiger partial charge in [-0.1, -0.05) is 0 Å². The van der Waals surface area contributed by atoms with Crippen molar-refractivity contribution in [1.29, 1.82) is 0 Å². The highest BCUT2D eigenvalue weighted by atomic mass is 32.2. The fourth-order valence-electron chi connectivity index (χ4n) is 1.44. The minimum Gasteiger partial charge on any atom is -0.380 e. The van der Waals surface area contributed by atoms with E-state index in [0.29, 0.717) is 6.42 Å². The minimum absolute atomic E-state index is 0.368. The predicted molar refractivity (Wildman–Crippen MR) is 40.7 cm³/mol. The lowest BCUT2D eigenvalue weighted by molar-refractivity contribution is -0.115. The summed E-state index contributed by atoms with van der Waals surface area (Å²) >= 11 is 0. The molecule has 0 spiro atoms. The molecule has 0 aromatic carbocycles. The molecule has 0 aromatic rings. The van der Waals surface area contributed by atoms with Crippen LogP contribution < -0.4 is 0 Å². The van der Waals surface area contributed by atoms with Gasteiger partial charge in [-0.15, -0.1) is 0 Å². The van der Waals surface area contributed by atoms with Gasteiger partial charge in [0.05, 0.1) is 0 Å². The molecule has 2 rings (SSSR count). The number of hydrogen-bond donors (Lipinski definition) is 0. The van der Waals surface area contributed by atoms with E-state index >= 15 is 0 Å². The van der Waals surface area contributed by atoms with E-state index in [-0.39, 0.29) is 17.5 Å². The van der Waals surface area contributed by atoms with Crippen LogP contribution >= 0.6 is 0 Å². The van der Waals surface area contributed by atoms with Crippen LogP contribution in [0.3, 0.4) is 0 Å². The zero-order valence-corrected chi connectivity index (χ0v) is 7.93. The summed E-state index contributed by atoms with van der Waals surface area (Å²) in [4.78, 5) is 10.9. The number of ketones is 1. The van der Waals surface area contributed by atoms with E-state index in [4.69, 9.17) is 0 Å². The fraction of sp³-hybridized carbons (Fsp3) is 0.571. The maximum absolute atomic E-state index is 11.9. The Bertz CT molecular complexity index is 447. The monoisotopic (exact) mass is 242 g/mol. The Morgan fingerprint density at radius 3 is 2.27 bits per heavy atom. The van der Waals surface area contributed by atoms with Gasteiger partial charge in [-0.05, 0) is 6.42 Å². The van der Waals surface area contributed by atoms with E-state index in [9.17, 15) is 26.4 Å². The second-order valence-electron chi connectivity index (χ2n) is 3.38. The van der Waals surface area contributed by atoms with Crippen LogP contribution in [0.5, 0.6) is 0 Å². The SMILES string of the molecule is O=C1C=C(OS(=O)(=O)C(F)(F)F)C2CC12. The molecule has 2 aliphatic rings. The van der Waals surface area contributed by atoms with Crippen molar-refractivity contribution in [3.05, 3.63) is 11.8 Å². The first-order valence-corrected chi connectivity index (χ1v) is 5.39. The van der Waals surface area contributed by atoms with Crippen LogP contribution in [0.4, 0.5) is 13.2 Å². The summed E-state index contributed by atoms with van der Waals surface area (Å²) in [5.41, 5.74) is -5.45. The molecule has 0 amide bonds. The van der Waals surface area contributed by atoms with E-state index in [2.05, 4.69) is 4.18 Å². The van der Waals surface area contributed by atoms with Gasteiger partial charge in [-0.2, -0.15) is 21.6 Å². The lowest BCUT2D eigenvalue weighted by Gasteiger charge is -2.09. The van der Waals surface area contributed by atoms with Crippen molar-refractivity contribution < 1.29 is 30.6 Å². The van der Waals surface area contributed by atoms with Gasteiger partial charge >= 0.3 is 15.6 Å². The number of hydrogen-bond acceptors (Lipinski definition) is 4. The maximum Gasteiger partial charge on any atom is 0.534 e. The molecule has 0 saturated heterocycles. The van der Waals surface area contributed by atoms with Crippen LogP contribution in [0.2, 0.25) is 0 Å². The van der Waals surface area contributed by atoms with Crippen molar-refractivity contribution in [2.24, 2.45) is 11.8 Å². The summed E-state index contributed by atoms with van der Waals surface area (Å²) in [6.45, 7) is 0. The highest BCUT2D eigenvalue weighted by Crippen LogP contribution is 2.51. The third kappa shape index (κ3) is 1.62. The molecule has 0 aromatic heterocycles. The molecular weight excluding hydrogens is 237 g/mol. The Kier molecular flexibility index (Phi) is 1.92. The second kappa shape index (κ2) is 2.75. The van der Waals surface area contributed by atoms with Gasteiger partial charge < -0.3 is 4.18 Å². The first-order chi connectivity index (χ1) is 6.72. The Morgan fingerprint density at radius 1 is 1.33 bits per heavy atom. The van der Waals surface area contributed by atoms with Crippen molar-refractivity contribution >= 4 is 15.9 Å². The van der Waals surface area contributed by atoms with Crippen molar-refractivity contribution in [1.82, 2.24) is 0 Å². The molecule has 0 radical (unpaired) electrons. The molecule has 0 heterocycles. The van der Waals surface area contributed by atoms with Gasteiger partial charge in [0.2, 0.25) is 0 Å². The van der Waals surface area contributed by atoms with Crippen LogP contribution in [-0.4, -0.2) is 19.7 Å². The number of alkyl halides is 3. The molecular formula is C7H5F3O4S. The smallest absolute Gasteiger partial charge is 0.380 e. The summed E-state index contributed by atoms with van der Waals surface area (Å²) in [5.74, 6) is -1.60. The molecule has 8 heteroatoms. The zero-order valence-electron chi connectivity index (χ0n) is 7.11. The van der Waals surface area contributed by atoms with Crippen LogP contribution in [-0.2, 0) is 19.1 Å². The molecule has 1 saturated carbocycles. The average Bonchev–Trinajstić information content (AvgIpc) is 2.73. The van der Waals surface area contributed by atoms with Crippen LogP contribution in [0.25, 0.3) is 0 Å². The lowest BCUT2D eigenvalue weighted by atomic mass is 10.3. The number of allylic oxidation sites excluding steroid dienone is 2. The topological polar surface area (TPSA) is 60.4 Å². The van der Waals surface area contributed by atoms with Crippen LogP contribution in [0.15, 0.2) is 11.8 Å². The molecule has 2 aliphatic carbocycles. The molecule has 1 fully saturated rings. The number of carbonyl (C=O) groups is 1. The van der Waals surface area contributed by atoms with Gasteiger partial charge in [0.25, 0.3) is 0 Å². The van der Waals surface area contributed by atoms with Crippen LogP contribution in [0, 0.1) is 11.8 Å². The van der Waals surface area contributed by atoms with Gasteiger partial charge in [0, 0.05) is 17.9 Å². The van der Waals surface area contributed by atoms with Crippen molar-refractivity contribution in [3.63, 3.8) is 0 Å². The summed E-state index contributed by atoms with van der Waals surface area (Å²) in [7, 11) is -5.63. The van der Waals surface area contributed by atoms with E-state index < -0.39 is 21.5 Å². The van der Waals surface area contributed by atoms with E-state index in [0.717, 1.165) is 6.08 Å². The molecule has 2 unspecified atom stereocenters. The molecule has 15 heavy (non-hydrogen) atoms. The Hall–Kier alpha value is -1.05. The quantitative estimate of drug-likeness (QED) is 0.534. The molecule has 84 valence electrons. The first-order valence-electron chi connectivity index (χ1n) is 3.98. The first kappa shape index (κ1) is 10.5. The molecule has 0 bridgehead atoms. The zero-order chi connectivity index (χ0) is 11.4. The van der Waals surface area contributed by atoms with Gasteiger partial charge in [-0.3, -0.25) is 4.79 Å². The highest BCUT2D eigenvalue weighted by Gasteiger charge is 2.55. The maximum atomic E-state index is 11.9. The summed E-state index contributed by atoms with van der Waals surface area (Å²) < 4.78 is 60.7. The van der Waals surface area contributed by atoms with E-state index in [1.807, 2.05) is 0 Å². The molecule has 2 atom stereocenters.